The van der Waals surface area contributed by atoms with Gasteiger partial charge < -0.3 is 5.73 Å². The van der Waals surface area contributed by atoms with Crippen LogP contribution in [0.1, 0.15) is 45.4 Å². The number of nitrogens with zero attached hydrogens (tertiary/aromatic N) is 1. The van der Waals surface area contributed by atoms with Crippen LogP contribution in [0.25, 0.3) is 0 Å². The van der Waals surface area contributed by atoms with Crippen LogP contribution in [0.4, 0.5) is 0 Å². The molecule has 0 aromatic carbocycles. The third-order valence-corrected chi connectivity index (χ3v) is 4.26. The van der Waals surface area contributed by atoms with Crippen molar-refractivity contribution in [3.8, 4) is 0 Å². The van der Waals surface area contributed by atoms with Gasteiger partial charge in [0, 0.05) is 19.1 Å². The monoisotopic (exact) mass is 239 g/mol. The van der Waals surface area contributed by atoms with Gasteiger partial charge in [0.1, 0.15) is 0 Å². The molecule has 0 aromatic heterocycles. The lowest BCUT2D eigenvalue weighted by atomic mass is 9.78. The zero-order valence-corrected chi connectivity index (χ0v) is 10.8. The highest BCUT2D eigenvalue weighted by Crippen LogP contribution is 2.28. The Bertz CT molecular complexity index is 263. The molecule has 17 heavy (non-hydrogen) atoms. The standard InChI is InChI=1S/C13H25N3O/c1-10-6-5-7-11(12(10)14)13(17)15-16-8-3-2-4-9-16/h10-12H,2-9,14H2,1H3,(H,15,17). The molecule has 0 bridgehead atoms. The molecule has 3 atom stereocenters. The first kappa shape index (κ1) is 12.8. The summed E-state index contributed by atoms with van der Waals surface area (Å²) in [6.45, 7) is 4.14. The fourth-order valence-electron chi connectivity index (χ4n) is 2.99. The Morgan fingerprint density at radius 2 is 1.88 bits per heavy atom. The molecule has 1 saturated carbocycles. The normalized spacial score (nSPS) is 35.5. The van der Waals surface area contributed by atoms with E-state index in [1.54, 1.807) is 0 Å². The molecule has 2 aliphatic rings. The van der Waals surface area contributed by atoms with Crippen molar-refractivity contribution in [1.82, 2.24) is 10.4 Å². The topological polar surface area (TPSA) is 58.4 Å². The van der Waals surface area contributed by atoms with Gasteiger partial charge in [-0.15, -0.1) is 0 Å². The Balaban J connectivity index is 1.85. The molecule has 1 aliphatic carbocycles. The maximum absolute atomic E-state index is 12.2. The summed E-state index contributed by atoms with van der Waals surface area (Å²) in [4.78, 5) is 12.2. The number of hydrazine groups is 1. The molecule has 3 unspecified atom stereocenters. The Hall–Kier alpha value is -0.610. The Kier molecular flexibility index (Phi) is 4.40. The number of carbonyl (C=O) groups excluding carboxylic acids is 1. The van der Waals surface area contributed by atoms with Crippen molar-refractivity contribution < 1.29 is 4.79 Å². The molecule has 0 radical (unpaired) electrons. The average Bonchev–Trinajstić information content (AvgIpc) is 2.34. The van der Waals surface area contributed by atoms with E-state index in [2.05, 4.69) is 17.4 Å². The second-order valence-corrected chi connectivity index (χ2v) is 5.62. The lowest BCUT2D eigenvalue weighted by molar-refractivity contribution is -0.132. The number of hydrogen-bond donors (Lipinski definition) is 2. The molecule has 1 heterocycles. The van der Waals surface area contributed by atoms with Crippen molar-refractivity contribution in [2.75, 3.05) is 13.1 Å². The minimum absolute atomic E-state index is 0.0145. The Labute approximate surface area is 104 Å². The number of carbonyl (C=O) groups is 1. The first-order valence-corrected chi connectivity index (χ1v) is 6.99. The molecule has 2 fully saturated rings. The molecule has 98 valence electrons. The van der Waals surface area contributed by atoms with Gasteiger partial charge in [0.25, 0.3) is 0 Å². The number of nitrogens with one attached hydrogen (secondary N) is 1. The second-order valence-electron chi connectivity index (χ2n) is 5.62. The highest BCUT2D eigenvalue weighted by molar-refractivity contribution is 5.79. The van der Waals surface area contributed by atoms with Gasteiger partial charge in [-0.1, -0.05) is 19.8 Å². The summed E-state index contributed by atoms with van der Waals surface area (Å²) in [6, 6.07) is 0.0357. The van der Waals surface area contributed by atoms with Crippen molar-refractivity contribution in [1.29, 1.82) is 0 Å². The maximum atomic E-state index is 12.2. The molecule has 1 amide bonds. The summed E-state index contributed by atoms with van der Waals surface area (Å²) in [5.41, 5.74) is 9.20. The lowest BCUT2D eigenvalue weighted by Crippen LogP contribution is -2.53. The van der Waals surface area contributed by atoms with E-state index in [-0.39, 0.29) is 17.9 Å². The second kappa shape index (κ2) is 5.83. The van der Waals surface area contributed by atoms with Gasteiger partial charge in [-0.05, 0) is 31.6 Å². The Morgan fingerprint density at radius 3 is 2.59 bits per heavy atom. The third kappa shape index (κ3) is 3.19. The average molecular weight is 239 g/mol. The van der Waals surface area contributed by atoms with Crippen LogP contribution in [0.2, 0.25) is 0 Å². The number of piperidine rings is 1. The van der Waals surface area contributed by atoms with Crippen molar-refractivity contribution in [2.24, 2.45) is 17.6 Å². The van der Waals surface area contributed by atoms with Crippen LogP contribution in [0, 0.1) is 11.8 Å². The van der Waals surface area contributed by atoms with E-state index in [9.17, 15) is 4.79 Å². The molecular formula is C13H25N3O. The first-order chi connectivity index (χ1) is 8.18. The predicted molar refractivity (Wildman–Crippen MR) is 68.0 cm³/mol. The summed E-state index contributed by atoms with van der Waals surface area (Å²) in [6.07, 6.45) is 6.90. The fraction of sp³-hybridized carbons (Fsp3) is 0.923. The van der Waals surface area contributed by atoms with E-state index >= 15 is 0 Å². The van der Waals surface area contributed by atoms with E-state index < -0.39 is 0 Å². The molecule has 0 aromatic rings. The van der Waals surface area contributed by atoms with Gasteiger partial charge in [-0.3, -0.25) is 10.2 Å². The van der Waals surface area contributed by atoms with Crippen LogP contribution in [0.5, 0.6) is 0 Å². The van der Waals surface area contributed by atoms with Crippen molar-refractivity contribution in [2.45, 2.75) is 51.5 Å². The summed E-state index contributed by atoms with van der Waals surface area (Å²) < 4.78 is 0. The zero-order valence-electron chi connectivity index (χ0n) is 10.8. The zero-order chi connectivity index (χ0) is 12.3. The van der Waals surface area contributed by atoms with Gasteiger partial charge in [0.2, 0.25) is 5.91 Å². The number of hydrogen-bond acceptors (Lipinski definition) is 3. The first-order valence-electron chi connectivity index (χ1n) is 6.99. The summed E-state index contributed by atoms with van der Waals surface area (Å²) >= 11 is 0. The molecule has 4 nitrogen and oxygen atoms in total. The van der Waals surface area contributed by atoms with Gasteiger partial charge >= 0.3 is 0 Å². The number of amides is 1. The van der Waals surface area contributed by atoms with E-state index in [1.807, 2.05) is 0 Å². The third-order valence-electron chi connectivity index (χ3n) is 4.26. The SMILES string of the molecule is CC1CCCC(C(=O)NN2CCCCC2)C1N. The molecule has 1 aliphatic heterocycles. The molecule has 0 spiro atoms. The van der Waals surface area contributed by atoms with Crippen LogP contribution in [0.15, 0.2) is 0 Å². The molecule has 4 heteroatoms. The molecular weight excluding hydrogens is 214 g/mol. The van der Waals surface area contributed by atoms with Crippen LogP contribution in [-0.2, 0) is 4.79 Å². The van der Waals surface area contributed by atoms with Crippen LogP contribution in [0.3, 0.4) is 0 Å². The van der Waals surface area contributed by atoms with Crippen molar-refractivity contribution >= 4 is 5.91 Å². The summed E-state index contributed by atoms with van der Waals surface area (Å²) in [5, 5.41) is 2.07. The molecule has 3 N–H and O–H groups in total. The van der Waals surface area contributed by atoms with Crippen LogP contribution >= 0.6 is 0 Å². The predicted octanol–water partition coefficient (Wildman–Crippen LogP) is 1.27. The van der Waals surface area contributed by atoms with Gasteiger partial charge in [-0.2, -0.15) is 0 Å². The molecule has 2 rings (SSSR count). The van der Waals surface area contributed by atoms with Gasteiger partial charge in [0.15, 0.2) is 0 Å². The van der Waals surface area contributed by atoms with Crippen molar-refractivity contribution in [3.63, 3.8) is 0 Å². The largest absolute Gasteiger partial charge is 0.327 e. The van der Waals surface area contributed by atoms with Gasteiger partial charge in [0.05, 0.1) is 5.92 Å². The minimum atomic E-state index is 0.0145. The highest BCUT2D eigenvalue weighted by atomic mass is 16.2. The van der Waals surface area contributed by atoms with E-state index in [0.29, 0.717) is 5.92 Å². The smallest absolute Gasteiger partial charge is 0.238 e. The summed E-state index contributed by atoms with van der Waals surface area (Å²) in [5.74, 6) is 0.632. The van der Waals surface area contributed by atoms with Gasteiger partial charge in [-0.25, -0.2) is 5.01 Å². The van der Waals surface area contributed by atoms with E-state index in [0.717, 1.165) is 32.4 Å². The Morgan fingerprint density at radius 1 is 1.18 bits per heavy atom. The summed E-state index contributed by atoms with van der Waals surface area (Å²) in [7, 11) is 0. The molecule has 1 saturated heterocycles. The minimum Gasteiger partial charge on any atom is -0.327 e. The van der Waals surface area contributed by atoms with Crippen LogP contribution in [-0.4, -0.2) is 30.0 Å². The van der Waals surface area contributed by atoms with E-state index in [4.69, 9.17) is 5.73 Å². The number of nitrogens with two attached hydrogens (primary N) is 1. The number of rotatable bonds is 2. The van der Waals surface area contributed by atoms with Crippen molar-refractivity contribution in [3.05, 3.63) is 0 Å². The maximum Gasteiger partial charge on any atom is 0.238 e. The van der Waals surface area contributed by atoms with Crippen LogP contribution < -0.4 is 11.2 Å². The quantitative estimate of drug-likeness (QED) is 0.763. The lowest BCUT2D eigenvalue weighted by Gasteiger charge is -2.35. The fourth-order valence-corrected chi connectivity index (χ4v) is 2.99. The highest BCUT2D eigenvalue weighted by Gasteiger charge is 2.33. The van der Waals surface area contributed by atoms with E-state index in [1.165, 1.54) is 19.3 Å².